The fourth-order valence-corrected chi connectivity index (χ4v) is 2.94. The van der Waals surface area contributed by atoms with E-state index < -0.39 is 0 Å². The highest BCUT2D eigenvalue weighted by Gasteiger charge is 2.25. The molecule has 0 saturated heterocycles. The molecule has 2 aromatic carbocycles. The molecule has 0 aliphatic carbocycles. The van der Waals surface area contributed by atoms with Crippen molar-refractivity contribution in [3.63, 3.8) is 0 Å². The largest absolute Gasteiger partial charge is 0.497 e. The number of likely N-dealkylation sites (N-methyl/N-ethyl adjacent to an activating group) is 1. The molecule has 1 unspecified atom stereocenters. The molecule has 0 radical (unpaired) electrons. The quantitative estimate of drug-likeness (QED) is 0.826. The van der Waals surface area contributed by atoms with E-state index in [4.69, 9.17) is 14.3 Å². The number of ether oxygens (including phenoxy) is 2. The van der Waals surface area contributed by atoms with Gasteiger partial charge in [0.15, 0.2) is 6.10 Å². The van der Waals surface area contributed by atoms with Crippen molar-refractivity contribution in [1.29, 1.82) is 0 Å². The fraction of sp³-hybridized carbons (Fsp3) is 0.333. The van der Waals surface area contributed by atoms with Crippen LogP contribution in [0, 0.1) is 6.92 Å². The molecule has 1 heterocycles. The van der Waals surface area contributed by atoms with Crippen molar-refractivity contribution >= 4 is 17.4 Å². The Morgan fingerprint density at radius 1 is 1.21 bits per heavy atom. The third-order valence-corrected chi connectivity index (χ3v) is 4.59. The lowest BCUT2D eigenvalue weighted by atomic mass is 10.0. The molecule has 7 heteroatoms. The summed E-state index contributed by atoms with van der Waals surface area (Å²) >= 11 is 0. The molecule has 7 nitrogen and oxygen atoms in total. The zero-order valence-corrected chi connectivity index (χ0v) is 16.6. The van der Waals surface area contributed by atoms with E-state index in [9.17, 15) is 4.79 Å². The first-order valence-corrected chi connectivity index (χ1v) is 9.04. The van der Waals surface area contributed by atoms with E-state index in [1.807, 2.05) is 31.2 Å². The van der Waals surface area contributed by atoms with Crippen LogP contribution in [0.25, 0.3) is 0 Å². The van der Waals surface area contributed by atoms with Crippen molar-refractivity contribution in [2.24, 2.45) is 5.16 Å². The lowest BCUT2D eigenvalue weighted by Gasteiger charge is -2.21. The van der Waals surface area contributed by atoms with E-state index >= 15 is 0 Å². The van der Waals surface area contributed by atoms with Gasteiger partial charge in [0.05, 0.1) is 32.2 Å². The minimum atomic E-state index is -0.254. The first-order chi connectivity index (χ1) is 13.5. The smallest absolute Gasteiger partial charge is 0.321 e. The number of oxime groups is 1. The molecule has 1 aliphatic rings. The van der Waals surface area contributed by atoms with Crippen molar-refractivity contribution in [2.45, 2.75) is 19.4 Å². The molecule has 0 fully saturated rings. The van der Waals surface area contributed by atoms with Crippen LogP contribution in [0.4, 0.5) is 10.5 Å². The highest BCUT2D eigenvalue weighted by atomic mass is 16.6. The molecular formula is C21H25N3O4. The van der Waals surface area contributed by atoms with Gasteiger partial charge in [-0.05, 0) is 24.6 Å². The molecule has 0 aromatic heterocycles. The average molecular weight is 383 g/mol. The topological polar surface area (TPSA) is 72.4 Å². The molecule has 0 spiro atoms. The van der Waals surface area contributed by atoms with E-state index in [0.29, 0.717) is 30.2 Å². The SMILES string of the molecule is COc1ccc(NC(=O)N(C)CC2CC(c3ccc(C)cc3)=NO2)c(OC)c1. The van der Waals surface area contributed by atoms with Crippen LogP contribution in [0.2, 0.25) is 0 Å². The first kappa shape index (κ1) is 19.5. The summed E-state index contributed by atoms with van der Waals surface area (Å²) in [6.45, 7) is 2.47. The number of nitrogens with zero attached hydrogens (tertiary/aromatic N) is 2. The molecular weight excluding hydrogens is 358 g/mol. The van der Waals surface area contributed by atoms with Crippen LogP contribution in [0.5, 0.6) is 11.5 Å². The number of nitrogens with one attached hydrogen (secondary N) is 1. The van der Waals surface area contributed by atoms with Crippen LogP contribution in [0.1, 0.15) is 17.5 Å². The van der Waals surface area contributed by atoms with Gasteiger partial charge in [-0.25, -0.2) is 4.79 Å². The number of methoxy groups -OCH3 is 2. The maximum absolute atomic E-state index is 12.5. The number of amides is 2. The lowest BCUT2D eigenvalue weighted by molar-refractivity contribution is 0.0672. The lowest BCUT2D eigenvalue weighted by Crippen LogP contribution is -2.37. The van der Waals surface area contributed by atoms with E-state index in [0.717, 1.165) is 11.3 Å². The number of carbonyl (C=O) groups excluding carboxylic acids is 1. The highest BCUT2D eigenvalue weighted by Crippen LogP contribution is 2.29. The van der Waals surface area contributed by atoms with Gasteiger partial charge in [0, 0.05) is 19.5 Å². The number of carbonyl (C=O) groups is 1. The number of aryl methyl sites for hydroxylation is 1. The van der Waals surface area contributed by atoms with Crippen molar-refractivity contribution < 1.29 is 19.1 Å². The second-order valence-corrected chi connectivity index (χ2v) is 6.71. The Balaban J connectivity index is 1.56. The summed E-state index contributed by atoms with van der Waals surface area (Å²) in [5, 5.41) is 7.03. The molecule has 148 valence electrons. The summed E-state index contributed by atoms with van der Waals surface area (Å²) in [6.07, 6.45) is 0.483. The van der Waals surface area contributed by atoms with Crippen LogP contribution >= 0.6 is 0 Å². The second kappa shape index (κ2) is 8.65. The maximum Gasteiger partial charge on any atom is 0.321 e. The third-order valence-electron chi connectivity index (χ3n) is 4.59. The summed E-state index contributed by atoms with van der Waals surface area (Å²) in [7, 11) is 4.85. The zero-order valence-electron chi connectivity index (χ0n) is 16.6. The van der Waals surface area contributed by atoms with Gasteiger partial charge < -0.3 is 24.5 Å². The van der Waals surface area contributed by atoms with Crippen molar-refractivity contribution in [3.05, 3.63) is 53.6 Å². The van der Waals surface area contributed by atoms with Crippen LogP contribution < -0.4 is 14.8 Å². The summed E-state index contributed by atoms with van der Waals surface area (Å²) in [4.78, 5) is 19.6. The van der Waals surface area contributed by atoms with Gasteiger partial charge in [0.25, 0.3) is 0 Å². The predicted molar refractivity (Wildman–Crippen MR) is 108 cm³/mol. The van der Waals surface area contributed by atoms with Crippen molar-refractivity contribution in [2.75, 3.05) is 33.1 Å². The normalized spacial score (nSPS) is 15.4. The molecule has 28 heavy (non-hydrogen) atoms. The molecule has 1 N–H and O–H groups in total. The monoisotopic (exact) mass is 383 g/mol. The Morgan fingerprint density at radius 3 is 2.64 bits per heavy atom. The average Bonchev–Trinajstić information content (AvgIpc) is 3.17. The van der Waals surface area contributed by atoms with Crippen molar-refractivity contribution in [1.82, 2.24) is 4.90 Å². The molecule has 1 atom stereocenters. The first-order valence-electron chi connectivity index (χ1n) is 9.04. The highest BCUT2D eigenvalue weighted by molar-refractivity contribution is 6.01. The van der Waals surface area contributed by atoms with Gasteiger partial charge in [-0.15, -0.1) is 0 Å². The maximum atomic E-state index is 12.5. The van der Waals surface area contributed by atoms with Crippen LogP contribution in [0.15, 0.2) is 47.6 Å². The van der Waals surface area contributed by atoms with Crippen molar-refractivity contribution in [3.8, 4) is 11.5 Å². The number of anilines is 1. The zero-order chi connectivity index (χ0) is 20.1. The van der Waals surface area contributed by atoms with Gasteiger partial charge in [-0.2, -0.15) is 0 Å². The number of hydrogen-bond acceptors (Lipinski definition) is 5. The summed E-state index contributed by atoms with van der Waals surface area (Å²) in [5.74, 6) is 1.19. The molecule has 0 bridgehead atoms. The van der Waals surface area contributed by atoms with E-state index in [1.54, 1.807) is 44.4 Å². The molecule has 0 saturated carbocycles. The predicted octanol–water partition coefficient (Wildman–Crippen LogP) is 3.67. The summed E-state index contributed by atoms with van der Waals surface area (Å²) < 4.78 is 10.5. The van der Waals surface area contributed by atoms with Crippen LogP contribution in [-0.2, 0) is 4.84 Å². The minimum Gasteiger partial charge on any atom is -0.497 e. The standard InChI is InChI=1S/C21H25N3O4/c1-14-5-7-15(8-6-14)19-11-17(28-23-19)13-24(2)21(25)22-18-10-9-16(26-3)12-20(18)27-4/h5-10,12,17H,11,13H2,1-4H3,(H,22,25). The number of benzene rings is 2. The fourth-order valence-electron chi connectivity index (χ4n) is 2.94. The molecule has 3 rings (SSSR count). The van der Waals surface area contributed by atoms with E-state index in [1.165, 1.54) is 5.56 Å². The third kappa shape index (κ3) is 4.54. The Bertz CT molecular complexity index is 864. The van der Waals surface area contributed by atoms with Gasteiger partial charge in [-0.1, -0.05) is 35.0 Å². The van der Waals surface area contributed by atoms with Gasteiger partial charge in [0.2, 0.25) is 0 Å². The van der Waals surface area contributed by atoms with E-state index in [-0.39, 0.29) is 12.1 Å². The summed E-state index contributed by atoms with van der Waals surface area (Å²) in [6, 6.07) is 13.1. The van der Waals surface area contributed by atoms with Gasteiger partial charge in [0.1, 0.15) is 11.5 Å². The van der Waals surface area contributed by atoms with Crippen LogP contribution in [0.3, 0.4) is 0 Å². The molecule has 2 aromatic rings. The number of urea groups is 1. The second-order valence-electron chi connectivity index (χ2n) is 6.71. The Hall–Kier alpha value is -3.22. The number of hydrogen-bond donors (Lipinski definition) is 1. The molecule has 2 amide bonds. The van der Waals surface area contributed by atoms with Gasteiger partial charge in [-0.3, -0.25) is 0 Å². The minimum absolute atomic E-state index is 0.176. The Labute approximate surface area is 164 Å². The molecule has 1 aliphatic heterocycles. The Morgan fingerprint density at radius 2 is 1.96 bits per heavy atom. The Kier molecular flexibility index (Phi) is 6.03. The van der Waals surface area contributed by atoms with Gasteiger partial charge >= 0.3 is 6.03 Å². The summed E-state index contributed by atoms with van der Waals surface area (Å²) in [5.41, 5.74) is 3.72. The number of rotatable bonds is 6. The van der Waals surface area contributed by atoms with E-state index in [2.05, 4.69) is 10.5 Å². The van der Waals surface area contributed by atoms with Crippen LogP contribution in [-0.4, -0.2) is 50.6 Å².